The monoisotopic (exact) mass is 212 g/mol. The summed E-state index contributed by atoms with van der Waals surface area (Å²) in [5.41, 5.74) is 0.118. The average Bonchev–Trinajstić information content (AvgIpc) is 2.13. The van der Waals surface area contributed by atoms with E-state index in [1.165, 1.54) is 0 Å². The van der Waals surface area contributed by atoms with Crippen LogP contribution < -0.4 is 0 Å². The fourth-order valence-electron chi connectivity index (χ4n) is 1.29. The highest BCUT2D eigenvalue weighted by molar-refractivity contribution is 5.96. The molecule has 0 aromatic carbocycles. The van der Waals surface area contributed by atoms with Gasteiger partial charge in [-0.2, -0.15) is 0 Å². The molecule has 0 saturated heterocycles. The second-order valence-corrected chi connectivity index (χ2v) is 4.18. The van der Waals surface area contributed by atoms with Crippen molar-refractivity contribution in [1.29, 1.82) is 0 Å². The zero-order chi connectivity index (χ0) is 11.8. The first-order chi connectivity index (χ1) is 7.01. The lowest BCUT2D eigenvalue weighted by atomic mass is 10.0. The van der Waals surface area contributed by atoms with Crippen LogP contribution in [-0.2, 0) is 14.3 Å². The standard InChI is InChI=1S/C12H20O3/c1-5-6-10(4)15-12(14)11(8-13)7-9(2)3/h9-10H,5-7H2,1-4H3. The third-order valence-electron chi connectivity index (χ3n) is 1.99. The summed E-state index contributed by atoms with van der Waals surface area (Å²) in [5, 5.41) is 0. The van der Waals surface area contributed by atoms with Crippen molar-refractivity contribution in [3.05, 3.63) is 5.57 Å². The van der Waals surface area contributed by atoms with Gasteiger partial charge in [0, 0.05) is 0 Å². The molecule has 0 N–H and O–H groups in total. The Kier molecular flexibility index (Phi) is 6.72. The summed E-state index contributed by atoms with van der Waals surface area (Å²) < 4.78 is 5.11. The van der Waals surface area contributed by atoms with Crippen LogP contribution in [-0.4, -0.2) is 18.0 Å². The Bertz CT molecular complexity index is 250. The first-order valence-electron chi connectivity index (χ1n) is 5.46. The Balaban J connectivity index is 4.23. The van der Waals surface area contributed by atoms with Crippen molar-refractivity contribution in [2.45, 2.75) is 53.1 Å². The van der Waals surface area contributed by atoms with Crippen LogP contribution in [0.1, 0.15) is 47.0 Å². The van der Waals surface area contributed by atoms with Gasteiger partial charge in [-0.3, -0.25) is 0 Å². The van der Waals surface area contributed by atoms with Crippen LogP contribution in [0.3, 0.4) is 0 Å². The first-order valence-corrected chi connectivity index (χ1v) is 5.46. The Labute approximate surface area is 91.5 Å². The van der Waals surface area contributed by atoms with Gasteiger partial charge in [0.1, 0.15) is 11.5 Å². The van der Waals surface area contributed by atoms with Crippen molar-refractivity contribution in [1.82, 2.24) is 0 Å². The predicted octanol–water partition coefficient (Wildman–Crippen LogP) is 2.52. The number of hydrogen-bond donors (Lipinski definition) is 0. The van der Waals surface area contributed by atoms with Crippen LogP contribution in [0.25, 0.3) is 0 Å². The number of ether oxygens (including phenoxy) is 1. The maximum Gasteiger partial charge on any atom is 0.345 e. The molecule has 0 aromatic rings. The Morgan fingerprint density at radius 3 is 2.33 bits per heavy atom. The molecule has 0 aliphatic carbocycles. The summed E-state index contributed by atoms with van der Waals surface area (Å²) in [6.45, 7) is 7.74. The van der Waals surface area contributed by atoms with E-state index in [4.69, 9.17) is 4.74 Å². The zero-order valence-electron chi connectivity index (χ0n) is 10.0. The molecule has 0 rings (SSSR count). The summed E-state index contributed by atoms with van der Waals surface area (Å²) in [5.74, 6) is 1.42. The van der Waals surface area contributed by atoms with Gasteiger partial charge in [0.05, 0.1) is 6.10 Å². The van der Waals surface area contributed by atoms with Crippen LogP contribution in [0.4, 0.5) is 0 Å². The third-order valence-corrected chi connectivity index (χ3v) is 1.99. The van der Waals surface area contributed by atoms with Gasteiger partial charge < -0.3 is 4.74 Å². The quantitative estimate of drug-likeness (QED) is 0.386. The summed E-state index contributed by atoms with van der Waals surface area (Å²) in [4.78, 5) is 22.0. The molecule has 0 radical (unpaired) electrons. The second-order valence-electron chi connectivity index (χ2n) is 4.18. The molecule has 1 unspecified atom stereocenters. The van der Waals surface area contributed by atoms with Crippen molar-refractivity contribution in [2.75, 3.05) is 0 Å². The van der Waals surface area contributed by atoms with Crippen molar-refractivity contribution in [3.8, 4) is 0 Å². The molecule has 3 heteroatoms. The second kappa shape index (κ2) is 7.24. The minimum atomic E-state index is -0.514. The van der Waals surface area contributed by atoms with Gasteiger partial charge in [-0.25, -0.2) is 9.59 Å². The van der Waals surface area contributed by atoms with E-state index >= 15 is 0 Å². The molecule has 0 fully saturated rings. The highest BCUT2D eigenvalue weighted by atomic mass is 16.5. The van der Waals surface area contributed by atoms with Crippen molar-refractivity contribution < 1.29 is 14.3 Å². The predicted molar refractivity (Wildman–Crippen MR) is 59.1 cm³/mol. The maximum atomic E-state index is 11.5. The van der Waals surface area contributed by atoms with Gasteiger partial charge in [-0.15, -0.1) is 0 Å². The minimum Gasteiger partial charge on any atom is -0.459 e. The molecular formula is C12H20O3. The number of rotatable bonds is 6. The van der Waals surface area contributed by atoms with Crippen LogP contribution in [0.15, 0.2) is 5.57 Å². The number of carbonyl (C=O) groups excluding carboxylic acids is 2. The Morgan fingerprint density at radius 1 is 1.33 bits per heavy atom. The molecule has 0 aliphatic heterocycles. The lowest BCUT2D eigenvalue weighted by Crippen LogP contribution is -2.17. The molecule has 0 aromatic heterocycles. The summed E-state index contributed by atoms with van der Waals surface area (Å²) in [6, 6.07) is 0. The Hall–Kier alpha value is -1.08. The van der Waals surface area contributed by atoms with Gasteiger partial charge in [0.15, 0.2) is 0 Å². The molecular weight excluding hydrogens is 192 g/mol. The van der Waals surface area contributed by atoms with E-state index in [-0.39, 0.29) is 17.6 Å². The van der Waals surface area contributed by atoms with E-state index in [9.17, 15) is 9.59 Å². The van der Waals surface area contributed by atoms with Crippen molar-refractivity contribution in [2.24, 2.45) is 5.92 Å². The van der Waals surface area contributed by atoms with E-state index in [1.807, 2.05) is 27.7 Å². The molecule has 1 atom stereocenters. The van der Waals surface area contributed by atoms with Crippen LogP contribution in [0, 0.1) is 5.92 Å². The lowest BCUT2D eigenvalue weighted by molar-refractivity contribution is -0.143. The summed E-state index contributed by atoms with van der Waals surface area (Å²) >= 11 is 0. The summed E-state index contributed by atoms with van der Waals surface area (Å²) in [6.07, 6.45) is 2.08. The smallest absolute Gasteiger partial charge is 0.345 e. The molecule has 0 heterocycles. The topological polar surface area (TPSA) is 43.4 Å². The summed E-state index contributed by atoms with van der Waals surface area (Å²) in [7, 11) is 0. The molecule has 3 nitrogen and oxygen atoms in total. The maximum absolute atomic E-state index is 11.5. The molecule has 0 spiro atoms. The lowest BCUT2D eigenvalue weighted by Gasteiger charge is -2.13. The molecule has 0 amide bonds. The molecule has 0 aliphatic rings. The largest absolute Gasteiger partial charge is 0.459 e. The first kappa shape index (κ1) is 13.9. The van der Waals surface area contributed by atoms with Gasteiger partial charge in [0.25, 0.3) is 0 Å². The van der Waals surface area contributed by atoms with E-state index in [0.29, 0.717) is 6.42 Å². The average molecular weight is 212 g/mol. The molecule has 15 heavy (non-hydrogen) atoms. The van der Waals surface area contributed by atoms with Crippen LogP contribution in [0.2, 0.25) is 0 Å². The fraction of sp³-hybridized carbons (Fsp3) is 0.750. The fourth-order valence-corrected chi connectivity index (χ4v) is 1.29. The normalized spacial score (nSPS) is 12.1. The van der Waals surface area contributed by atoms with E-state index < -0.39 is 5.97 Å². The van der Waals surface area contributed by atoms with E-state index in [1.54, 1.807) is 5.94 Å². The van der Waals surface area contributed by atoms with Gasteiger partial charge in [-0.1, -0.05) is 27.2 Å². The van der Waals surface area contributed by atoms with E-state index in [2.05, 4.69) is 0 Å². The molecule has 86 valence electrons. The van der Waals surface area contributed by atoms with Crippen LogP contribution >= 0.6 is 0 Å². The molecule has 0 saturated carbocycles. The van der Waals surface area contributed by atoms with Crippen molar-refractivity contribution >= 4 is 11.9 Å². The number of carbonyl (C=O) groups is 1. The number of esters is 1. The van der Waals surface area contributed by atoms with Crippen LogP contribution in [0.5, 0.6) is 0 Å². The van der Waals surface area contributed by atoms with Gasteiger partial charge >= 0.3 is 5.97 Å². The minimum absolute atomic E-state index is 0.118. The highest BCUT2D eigenvalue weighted by Crippen LogP contribution is 2.11. The van der Waals surface area contributed by atoms with E-state index in [0.717, 1.165) is 12.8 Å². The Morgan fingerprint density at radius 2 is 1.93 bits per heavy atom. The van der Waals surface area contributed by atoms with Gasteiger partial charge in [0.2, 0.25) is 0 Å². The molecule has 0 bridgehead atoms. The van der Waals surface area contributed by atoms with Gasteiger partial charge in [-0.05, 0) is 25.7 Å². The zero-order valence-corrected chi connectivity index (χ0v) is 10.0. The highest BCUT2D eigenvalue weighted by Gasteiger charge is 2.16. The number of hydrogen-bond acceptors (Lipinski definition) is 3. The SMILES string of the molecule is CCCC(C)OC(=O)C(=C=O)CC(C)C. The van der Waals surface area contributed by atoms with Crippen molar-refractivity contribution in [3.63, 3.8) is 0 Å². The third kappa shape index (κ3) is 6.08.